The summed E-state index contributed by atoms with van der Waals surface area (Å²) in [5.74, 6) is -0.182. The molecule has 1 aromatic heterocycles. The summed E-state index contributed by atoms with van der Waals surface area (Å²) in [6, 6.07) is 0.151. The van der Waals surface area contributed by atoms with E-state index < -0.39 is 0 Å². The maximum Gasteiger partial charge on any atom is 0.274 e. The molecule has 1 aliphatic rings. The molecule has 0 aromatic carbocycles. The van der Waals surface area contributed by atoms with Crippen molar-refractivity contribution in [1.29, 1.82) is 0 Å². The Morgan fingerprint density at radius 3 is 2.84 bits per heavy atom. The number of nitrogens with one attached hydrogen (secondary N) is 1. The molecule has 7 nitrogen and oxygen atoms in total. The summed E-state index contributed by atoms with van der Waals surface area (Å²) in [5, 5.41) is 15.6. The molecule has 0 spiro atoms. The fourth-order valence-corrected chi connectivity index (χ4v) is 2.47. The van der Waals surface area contributed by atoms with Crippen molar-refractivity contribution in [3.63, 3.8) is 0 Å². The summed E-state index contributed by atoms with van der Waals surface area (Å²) >= 11 is 0. The molecule has 2 heterocycles. The Morgan fingerprint density at radius 2 is 2.32 bits per heavy atom. The third kappa shape index (κ3) is 3.05. The molecule has 0 aliphatic carbocycles. The van der Waals surface area contributed by atoms with E-state index in [4.69, 9.17) is 5.73 Å². The number of nitrogen functional groups attached to an aromatic ring is 1. The second-order valence-electron chi connectivity index (χ2n) is 4.96. The van der Waals surface area contributed by atoms with E-state index in [9.17, 15) is 9.90 Å². The number of anilines is 1. The van der Waals surface area contributed by atoms with Crippen LogP contribution in [-0.4, -0.2) is 70.3 Å². The van der Waals surface area contributed by atoms with Gasteiger partial charge < -0.3 is 20.6 Å². The van der Waals surface area contributed by atoms with Crippen LogP contribution >= 0.6 is 0 Å². The zero-order valence-electron chi connectivity index (χ0n) is 11.2. The van der Waals surface area contributed by atoms with E-state index in [-0.39, 0.29) is 18.6 Å². The van der Waals surface area contributed by atoms with E-state index in [1.165, 1.54) is 6.20 Å². The number of aliphatic hydroxyl groups excluding tert-OH is 1. The maximum atomic E-state index is 12.4. The largest absolute Gasteiger partial charge is 0.396 e. The zero-order chi connectivity index (χ0) is 13.8. The molecule has 1 aliphatic heterocycles. The second kappa shape index (κ2) is 6.03. The van der Waals surface area contributed by atoms with E-state index in [0.717, 1.165) is 25.9 Å². The molecular weight excluding hydrogens is 246 g/mol. The van der Waals surface area contributed by atoms with E-state index in [1.54, 1.807) is 4.90 Å². The lowest BCUT2D eigenvalue weighted by atomic mass is 10.0. The minimum atomic E-state index is -0.182. The number of likely N-dealkylation sites (tertiary alicyclic amines) is 1. The first-order valence-corrected chi connectivity index (χ1v) is 6.52. The van der Waals surface area contributed by atoms with Crippen LogP contribution in [-0.2, 0) is 0 Å². The van der Waals surface area contributed by atoms with E-state index in [0.29, 0.717) is 17.9 Å². The first-order chi connectivity index (χ1) is 9.13. The van der Waals surface area contributed by atoms with Crippen LogP contribution in [0.15, 0.2) is 6.20 Å². The molecule has 106 valence electrons. The summed E-state index contributed by atoms with van der Waals surface area (Å²) in [6.07, 6.45) is 3.26. The van der Waals surface area contributed by atoms with Gasteiger partial charge in [0.25, 0.3) is 5.91 Å². The summed E-state index contributed by atoms with van der Waals surface area (Å²) in [5.41, 5.74) is 6.38. The lowest BCUT2D eigenvalue weighted by Crippen LogP contribution is -2.47. The molecular formula is C12H21N5O2. The zero-order valence-corrected chi connectivity index (χ0v) is 11.2. The Morgan fingerprint density at radius 1 is 1.63 bits per heavy atom. The number of hydrogen-bond acceptors (Lipinski definition) is 5. The molecule has 1 fully saturated rings. The lowest BCUT2D eigenvalue weighted by Gasteiger charge is -2.36. The van der Waals surface area contributed by atoms with Gasteiger partial charge in [-0.05, 0) is 33.0 Å². The highest BCUT2D eigenvalue weighted by molar-refractivity contribution is 5.97. The van der Waals surface area contributed by atoms with Gasteiger partial charge in [0.05, 0.1) is 18.5 Å². The molecule has 0 radical (unpaired) electrons. The normalized spacial score (nSPS) is 17.6. The van der Waals surface area contributed by atoms with Crippen molar-refractivity contribution in [3.8, 4) is 0 Å². The van der Waals surface area contributed by atoms with Crippen LogP contribution in [0.3, 0.4) is 0 Å². The van der Waals surface area contributed by atoms with Crippen LogP contribution in [0.2, 0.25) is 0 Å². The summed E-state index contributed by atoms with van der Waals surface area (Å²) < 4.78 is 0. The van der Waals surface area contributed by atoms with Gasteiger partial charge in [-0.1, -0.05) is 0 Å². The third-order valence-electron chi connectivity index (χ3n) is 3.61. The van der Waals surface area contributed by atoms with Gasteiger partial charge in [-0.25, -0.2) is 0 Å². The number of nitrogens with two attached hydrogens (primary N) is 1. The van der Waals surface area contributed by atoms with Crippen molar-refractivity contribution in [2.75, 3.05) is 39.0 Å². The van der Waals surface area contributed by atoms with Gasteiger partial charge >= 0.3 is 0 Å². The van der Waals surface area contributed by atoms with Crippen LogP contribution in [0.4, 0.5) is 5.69 Å². The first-order valence-electron chi connectivity index (χ1n) is 6.52. The average Bonchev–Trinajstić information content (AvgIpc) is 2.83. The van der Waals surface area contributed by atoms with E-state index in [2.05, 4.69) is 22.1 Å². The number of amides is 1. The minimum absolute atomic E-state index is 0.0495. The molecule has 0 bridgehead atoms. The van der Waals surface area contributed by atoms with Crippen molar-refractivity contribution in [2.45, 2.75) is 18.9 Å². The molecule has 4 N–H and O–H groups in total. The smallest absolute Gasteiger partial charge is 0.274 e. The fraction of sp³-hybridized carbons (Fsp3) is 0.667. The number of hydrogen-bond donors (Lipinski definition) is 3. The lowest BCUT2D eigenvalue weighted by molar-refractivity contribution is 0.0535. The number of rotatable bonds is 4. The molecule has 1 aromatic rings. The Balaban J connectivity index is 2.11. The SMILES string of the molecule is CN1CCC(N(CCO)C(=O)c2[nH]ncc2N)CC1. The highest BCUT2D eigenvalue weighted by Gasteiger charge is 2.28. The molecule has 7 heteroatoms. The van der Waals surface area contributed by atoms with Crippen LogP contribution in [0, 0.1) is 0 Å². The molecule has 1 amide bonds. The second-order valence-corrected chi connectivity index (χ2v) is 4.96. The van der Waals surface area contributed by atoms with Gasteiger partial charge in [-0.3, -0.25) is 9.89 Å². The van der Waals surface area contributed by atoms with E-state index >= 15 is 0 Å². The van der Waals surface area contributed by atoms with Crippen LogP contribution in [0.1, 0.15) is 23.3 Å². The van der Waals surface area contributed by atoms with Gasteiger partial charge in [0.1, 0.15) is 5.69 Å². The van der Waals surface area contributed by atoms with Gasteiger partial charge in [-0.15, -0.1) is 0 Å². The summed E-state index contributed by atoms with van der Waals surface area (Å²) in [4.78, 5) is 16.4. The number of carbonyl (C=O) groups excluding carboxylic acids is 1. The number of aromatic nitrogens is 2. The van der Waals surface area contributed by atoms with Crippen LogP contribution in [0.5, 0.6) is 0 Å². The quantitative estimate of drug-likeness (QED) is 0.684. The predicted octanol–water partition coefficient (Wildman–Crippen LogP) is -0.479. The summed E-state index contributed by atoms with van der Waals surface area (Å²) in [7, 11) is 2.07. The Labute approximate surface area is 112 Å². The molecule has 0 saturated carbocycles. The predicted molar refractivity (Wildman–Crippen MR) is 71.6 cm³/mol. The maximum absolute atomic E-state index is 12.4. The molecule has 2 rings (SSSR count). The number of nitrogens with zero attached hydrogens (tertiary/aromatic N) is 3. The van der Waals surface area contributed by atoms with Gasteiger partial charge in [0.2, 0.25) is 0 Å². The van der Waals surface area contributed by atoms with Gasteiger partial charge in [0, 0.05) is 12.6 Å². The number of piperidine rings is 1. The van der Waals surface area contributed by atoms with Gasteiger partial charge in [0.15, 0.2) is 0 Å². The molecule has 19 heavy (non-hydrogen) atoms. The Hall–Kier alpha value is -1.60. The van der Waals surface area contributed by atoms with Crippen LogP contribution in [0.25, 0.3) is 0 Å². The molecule has 0 unspecified atom stereocenters. The summed E-state index contributed by atoms with van der Waals surface area (Å²) in [6.45, 7) is 2.19. The highest BCUT2D eigenvalue weighted by Crippen LogP contribution is 2.19. The number of carbonyl (C=O) groups is 1. The Bertz CT molecular complexity index is 426. The van der Waals surface area contributed by atoms with Crippen molar-refractivity contribution in [2.24, 2.45) is 0 Å². The molecule has 1 saturated heterocycles. The average molecular weight is 267 g/mol. The standard InChI is InChI=1S/C12H21N5O2/c1-16-4-2-9(3-5-16)17(6-7-18)12(19)11-10(13)8-14-15-11/h8-9,18H,2-7,13H2,1H3,(H,14,15). The first kappa shape index (κ1) is 13.8. The number of aromatic amines is 1. The molecule has 0 atom stereocenters. The topological polar surface area (TPSA) is 98.5 Å². The fourth-order valence-electron chi connectivity index (χ4n) is 2.47. The van der Waals surface area contributed by atoms with Gasteiger partial charge in [-0.2, -0.15) is 5.10 Å². The minimum Gasteiger partial charge on any atom is -0.396 e. The van der Waals surface area contributed by atoms with Crippen molar-refractivity contribution in [3.05, 3.63) is 11.9 Å². The monoisotopic (exact) mass is 267 g/mol. The third-order valence-corrected chi connectivity index (χ3v) is 3.61. The Kier molecular flexibility index (Phi) is 4.39. The van der Waals surface area contributed by atoms with Crippen molar-refractivity contribution >= 4 is 11.6 Å². The van der Waals surface area contributed by atoms with Crippen LogP contribution < -0.4 is 5.73 Å². The van der Waals surface area contributed by atoms with Crippen molar-refractivity contribution < 1.29 is 9.90 Å². The number of aliphatic hydroxyl groups is 1. The number of H-pyrrole nitrogens is 1. The van der Waals surface area contributed by atoms with E-state index in [1.807, 2.05) is 0 Å². The highest BCUT2D eigenvalue weighted by atomic mass is 16.3. The van der Waals surface area contributed by atoms with Crippen molar-refractivity contribution in [1.82, 2.24) is 20.0 Å².